The van der Waals surface area contributed by atoms with Crippen LogP contribution < -0.4 is 10.6 Å². The molecule has 0 radical (unpaired) electrons. The summed E-state index contributed by atoms with van der Waals surface area (Å²) in [5, 5.41) is 13.9. The highest BCUT2D eigenvalue weighted by Crippen LogP contribution is 2.44. The molecule has 32 heavy (non-hydrogen) atoms. The van der Waals surface area contributed by atoms with E-state index in [4.69, 9.17) is 9.84 Å². The molecule has 2 amide bonds. The maximum absolute atomic E-state index is 12.6. The topological polar surface area (TPSA) is 105 Å². The molecule has 2 atom stereocenters. The molecule has 2 aromatic rings. The lowest BCUT2D eigenvalue weighted by atomic mass is 9.98. The minimum absolute atomic E-state index is 0.0600. The zero-order valence-corrected chi connectivity index (χ0v) is 18.2. The van der Waals surface area contributed by atoms with Crippen LogP contribution in [0.15, 0.2) is 60.7 Å². The number of rotatable bonds is 9. The minimum atomic E-state index is -1.09. The summed E-state index contributed by atoms with van der Waals surface area (Å²) in [6, 6.07) is 15.4. The molecule has 0 heterocycles. The van der Waals surface area contributed by atoms with Gasteiger partial charge in [0.15, 0.2) is 0 Å². The van der Waals surface area contributed by atoms with E-state index in [0.29, 0.717) is 6.42 Å². The van der Waals surface area contributed by atoms with Crippen molar-refractivity contribution in [3.63, 3.8) is 0 Å². The van der Waals surface area contributed by atoms with Gasteiger partial charge in [-0.2, -0.15) is 0 Å². The van der Waals surface area contributed by atoms with Crippen LogP contribution in [0.5, 0.6) is 0 Å². The number of nitrogens with one attached hydrogen (secondary N) is 2. The molecule has 1 aliphatic carbocycles. The Morgan fingerprint density at radius 1 is 1.06 bits per heavy atom. The Balaban J connectivity index is 1.63. The normalized spacial score (nSPS) is 14.3. The molecule has 2 unspecified atom stereocenters. The fourth-order valence-electron chi connectivity index (χ4n) is 3.90. The van der Waals surface area contributed by atoms with Crippen molar-refractivity contribution in [2.45, 2.75) is 32.2 Å². The first-order valence-corrected chi connectivity index (χ1v) is 10.7. The highest BCUT2D eigenvalue weighted by Gasteiger charge is 2.30. The van der Waals surface area contributed by atoms with Crippen LogP contribution in [0.1, 0.15) is 37.3 Å². The minimum Gasteiger partial charge on any atom is -0.478 e. The van der Waals surface area contributed by atoms with Gasteiger partial charge in [0, 0.05) is 18.5 Å². The van der Waals surface area contributed by atoms with E-state index in [9.17, 15) is 14.4 Å². The number of benzene rings is 2. The number of hydrogen-bond acceptors (Lipinski definition) is 4. The number of carboxylic acids is 1. The molecule has 0 saturated carbocycles. The highest BCUT2D eigenvalue weighted by molar-refractivity contribution is 5.86. The van der Waals surface area contributed by atoms with E-state index in [1.807, 2.05) is 50.2 Å². The lowest BCUT2D eigenvalue weighted by Gasteiger charge is -2.23. The summed E-state index contributed by atoms with van der Waals surface area (Å²) in [7, 11) is 0. The van der Waals surface area contributed by atoms with Crippen molar-refractivity contribution in [3.05, 3.63) is 71.8 Å². The maximum atomic E-state index is 12.6. The van der Waals surface area contributed by atoms with E-state index in [1.165, 1.54) is 6.08 Å². The van der Waals surface area contributed by atoms with Crippen LogP contribution >= 0.6 is 0 Å². The molecule has 168 valence electrons. The summed E-state index contributed by atoms with van der Waals surface area (Å²) < 4.78 is 5.55. The van der Waals surface area contributed by atoms with Gasteiger partial charge in [-0.05, 0) is 28.2 Å². The summed E-state index contributed by atoms with van der Waals surface area (Å²) in [5.41, 5.74) is 4.51. The third-order valence-corrected chi connectivity index (χ3v) is 5.77. The SMILES string of the molecule is CCC(C)C(NC(=O)OCC1c2ccccc2-c2ccccc21)C(=O)NC/C=C/C(=O)O. The molecule has 2 aromatic carbocycles. The van der Waals surface area contributed by atoms with Crippen molar-refractivity contribution in [3.8, 4) is 11.1 Å². The third kappa shape index (κ3) is 5.35. The average Bonchev–Trinajstić information content (AvgIpc) is 3.12. The van der Waals surface area contributed by atoms with Gasteiger partial charge in [-0.15, -0.1) is 0 Å². The number of carbonyl (C=O) groups excluding carboxylic acids is 2. The number of fused-ring (bicyclic) bond motifs is 3. The van der Waals surface area contributed by atoms with Gasteiger partial charge in [-0.3, -0.25) is 4.79 Å². The molecule has 0 aromatic heterocycles. The van der Waals surface area contributed by atoms with Crippen LogP contribution in [0.4, 0.5) is 4.79 Å². The summed E-state index contributed by atoms with van der Waals surface area (Å²) in [6.45, 7) is 4.01. The molecule has 7 nitrogen and oxygen atoms in total. The zero-order chi connectivity index (χ0) is 23.1. The zero-order valence-electron chi connectivity index (χ0n) is 18.2. The summed E-state index contributed by atoms with van der Waals surface area (Å²) in [6.07, 6.45) is 2.30. The number of aliphatic carboxylic acids is 1. The number of carbonyl (C=O) groups is 3. The van der Waals surface area contributed by atoms with Crippen LogP contribution in [0, 0.1) is 5.92 Å². The molecule has 0 spiro atoms. The number of ether oxygens (including phenoxy) is 1. The first-order chi connectivity index (χ1) is 15.4. The van der Waals surface area contributed by atoms with Gasteiger partial charge in [0.2, 0.25) is 5.91 Å². The van der Waals surface area contributed by atoms with Crippen molar-refractivity contribution >= 4 is 18.0 Å². The molecule has 0 fully saturated rings. The van der Waals surface area contributed by atoms with E-state index in [-0.39, 0.29) is 30.9 Å². The Bertz CT molecular complexity index is 971. The Kier molecular flexibility index (Phi) is 7.65. The van der Waals surface area contributed by atoms with Crippen LogP contribution in [-0.2, 0) is 14.3 Å². The van der Waals surface area contributed by atoms with E-state index in [1.54, 1.807) is 0 Å². The predicted octanol–water partition coefficient (Wildman–Crippen LogP) is 3.70. The lowest BCUT2D eigenvalue weighted by molar-refractivity contribution is -0.131. The van der Waals surface area contributed by atoms with Crippen LogP contribution in [0.25, 0.3) is 11.1 Å². The lowest BCUT2D eigenvalue weighted by Crippen LogP contribution is -2.50. The Hall–Kier alpha value is -3.61. The molecule has 1 aliphatic rings. The Morgan fingerprint density at radius 2 is 1.66 bits per heavy atom. The molecule has 0 saturated heterocycles. The highest BCUT2D eigenvalue weighted by atomic mass is 16.5. The van der Waals surface area contributed by atoms with E-state index >= 15 is 0 Å². The van der Waals surface area contributed by atoms with E-state index in [0.717, 1.165) is 28.3 Å². The molecular weight excluding hydrogens is 408 g/mol. The fraction of sp³-hybridized carbons (Fsp3) is 0.320. The molecule has 7 heteroatoms. The summed E-state index contributed by atoms with van der Waals surface area (Å²) in [4.78, 5) is 35.7. The maximum Gasteiger partial charge on any atom is 0.407 e. The number of alkyl carbamates (subject to hydrolysis) is 1. The van der Waals surface area contributed by atoms with Gasteiger partial charge in [-0.25, -0.2) is 9.59 Å². The fourth-order valence-corrected chi connectivity index (χ4v) is 3.90. The second kappa shape index (κ2) is 10.6. The smallest absolute Gasteiger partial charge is 0.407 e. The summed E-state index contributed by atoms with van der Waals surface area (Å²) in [5.74, 6) is -1.67. The third-order valence-electron chi connectivity index (χ3n) is 5.77. The molecular formula is C25H28N2O5. The van der Waals surface area contributed by atoms with Crippen LogP contribution in [0.2, 0.25) is 0 Å². The Labute approximate surface area is 187 Å². The van der Waals surface area contributed by atoms with Gasteiger partial charge in [0.05, 0.1) is 0 Å². The summed E-state index contributed by atoms with van der Waals surface area (Å²) >= 11 is 0. The van der Waals surface area contributed by atoms with Crippen molar-refractivity contribution < 1.29 is 24.2 Å². The van der Waals surface area contributed by atoms with Crippen molar-refractivity contribution in [1.82, 2.24) is 10.6 Å². The first kappa shape index (κ1) is 23.1. The molecule has 0 bridgehead atoms. The first-order valence-electron chi connectivity index (χ1n) is 10.7. The molecule has 0 aliphatic heterocycles. The quantitative estimate of drug-likeness (QED) is 0.520. The van der Waals surface area contributed by atoms with Gasteiger partial charge < -0.3 is 20.5 Å². The van der Waals surface area contributed by atoms with Crippen molar-refractivity contribution in [2.24, 2.45) is 5.92 Å². The molecule has 3 N–H and O–H groups in total. The average molecular weight is 437 g/mol. The van der Waals surface area contributed by atoms with E-state index in [2.05, 4.69) is 22.8 Å². The van der Waals surface area contributed by atoms with Crippen LogP contribution in [0.3, 0.4) is 0 Å². The van der Waals surface area contributed by atoms with Gasteiger partial charge in [0.1, 0.15) is 12.6 Å². The van der Waals surface area contributed by atoms with E-state index < -0.39 is 18.1 Å². The second-order valence-electron chi connectivity index (χ2n) is 7.82. The van der Waals surface area contributed by atoms with Gasteiger partial charge in [-0.1, -0.05) is 74.9 Å². The van der Waals surface area contributed by atoms with Gasteiger partial charge >= 0.3 is 12.1 Å². The number of hydrogen-bond donors (Lipinski definition) is 3. The Morgan fingerprint density at radius 3 is 2.22 bits per heavy atom. The van der Waals surface area contributed by atoms with Crippen LogP contribution in [-0.4, -0.2) is 42.3 Å². The predicted molar refractivity (Wildman–Crippen MR) is 121 cm³/mol. The number of amides is 2. The van der Waals surface area contributed by atoms with Crippen molar-refractivity contribution in [1.29, 1.82) is 0 Å². The van der Waals surface area contributed by atoms with Crippen molar-refractivity contribution in [2.75, 3.05) is 13.2 Å². The monoisotopic (exact) mass is 436 g/mol. The molecule has 3 rings (SSSR count). The largest absolute Gasteiger partial charge is 0.478 e. The van der Waals surface area contributed by atoms with Gasteiger partial charge in [0.25, 0.3) is 0 Å². The number of carboxylic acid groups (broad SMARTS) is 1. The standard InChI is InChI=1S/C25H28N2O5/c1-3-16(2)23(24(30)26-14-8-13-22(28)29)27-25(31)32-15-21-19-11-6-4-9-17(19)18-10-5-7-12-20(18)21/h4-13,16,21,23H,3,14-15H2,1-2H3,(H,26,30)(H,27,31)(H,28,29)/b13-8+. The second-order valence-corrected chi connectivity index (χ2v) is 7.82.